The first-order valence-corrected chi connectivity index (χ1v) is 12.7. The fourth-order valence-electron chi connectivity index (χ4n) is 3.88. The van der Waals surface area contributed by atoms with E-state index < -0.39 is 5.91 Å². The third-order valence-electron chi connectivity index (χ3n) is 5.85. The van der Waals surface area contributed by atoms with Gasteiger partial charge in [0.25, 0.3) is 5.91 Å². The number of amides is 1. The number of pyridine rings is 1. The quantitative estimate of drug-likeness (QED) is 0.330. The lowest BCUT2D eigenvalue weighted by atomic mass is 9.89. The van der Waals surface area contributed by atoms with E-state index in [0.29, 0.717) is 18.7 Å². The molecule has 0 fully saturated rings. The topological polar surface area (TPSA) is 53.4 Å². The Morgan fingerprint density at radius 3 is 2.21 bits per heavy atom. The summed E-state index contributed by atoms with van der Waals surface area (Å²) in [6.45, 7) is 13.1. The number of rotatable bonds is 7. The summed E-state index contributed by atoms with van der Waals surface area (Å²) in [5, 5.41) is 10.3. The van der Waals surface area contributed by atoms with Crippen molar-refractivity contribution in [2.24, 2.45) is 0 Å². The SMILES string of the molecule is C/C=C(/CCC)c1c(C)cnc2c1CCN(O)C2=O.CCCCCC.CCc1ccc(F)cc1. The number of carbonyl (C=O) groups excluding carboxylic acids is 1. The summed E-state index contributed by atoms with van der Waals surface area (Å²) in [7, 11) is 0. The monoisotopic (exact) mass is 470 g/mol. The van der Waals surface area contributed by atoms with Gasteiger partial charge >= 0.3 is 0 Å². The highest BCUT2D eigenvalue weighted by Crippen LogP contribution is 2.30. The van der Waals surface area contributed by atoms with Gasteiger partial charge in [0.05, 0.1) is 6.54 Å². The minimum atomic E-state index is -0.394. The van der Waals surface area contributed by atoms with Crippen LogP contribution in [0.4, 0.5) is 4.39 Å². The standard InChI is InChI=1S/C15H20N2O2.C8H9F.C6H14/c1-4-6-11(5-2)13-10(3)9-16-14-12(13)7-8-17(19)15(14)18;1-2-7-3-5-8(9)6-4-7;1-3-5-6-4-2/h5,9,19H,4,6-8H2,1-3H3;3-6H,2H2,1H3;3-6H2,1-2H3/b11-5-;;. The molecule has 1 aliphatic rings. The summed E-state index contributed by atoms with van der Waals surface area (Å²) in [6, 6.07) is 6.57. The van der Waals surface area contributed by atoms with E-state index >= 15 is 0 Å². The van der Waals surface area contributed by atoms with Gasteiger partial charge < -0.3 is 0 Å². The molecule has 0 saturated carbocycles. The molecule has 0 spiro atoms. The fourth-order valence-corrected chi connectivity index (χ4v) is 3.88. The molecule has 1 N–H and O–H groups in total. The number of halogens is 1. The molecule has 0 saturated heterocycles. The first kappa shape index (κ1) is 29.5. The average molecular weight is 471 g/mol. The zero-order chi connectivity index (χ0) is 25.5. The highest BCUT2D eigenvalue weighted by molar-refractivity contribution is 5.95. The first-order valence-electron chi connectivity index (χ1n) is 12.7. The molecular weight excluding hydrogens is 427 g/mol. The van der Waals surface area contributed by atoms with Crippen LogP contribution in [-0.4, -0.2) is 27.7 Å². The summed E-state index contributed by atoms with van der Waals surface area (Å²) < 4.78 is 12.2. The average Bonchev–Trinajstić information content (AvgIpc) is 2.85. The summed E-state index contributed by atoms with van der Waals surface area (Å²) in [6.07, 6.45) is 13.1. The van der Waals surface area contributed by atoms with Crippen LogP contribution in [0, 0.1) is 12.7 Å². The molecular formula is C29H43FN2O2. The van der Waals surface area contributed by atoms with Gasteiger partial charge in [0, 0.05) is 6.20 Å². The van der Waals surface area contributed by atoms with Crippen LogP contribution in [0.25, 0.3) is 5.57 Å². The molecule has 2 aromatic rings. The molecule has 1 aromatic carbocycles. The van der Waals surface area contributed by atoms with E-state index in [0.717, 1.165) is 41.0 Å². The number of aromatic nitrogens is 1. The van der Waals surface area contributed by atoms with E-state index in [9.17, 15) is 14.4 Å². The first-order chi connectivity index (χ1) is 16.3. The van der Waals surface area contributed by atoms with Crippen LogP contribution >= 0.6 is 0 Å². The number of nitrogens with zero attached hydrogens (tertiary/aromatic N) is 2. The van der Waals surface area contributed by atoms with Crippen molar-refractivity contribution < 1.29 is 14.4 Å². The molecule has 34 heavy (non-hydrogen) atoms. The maximum absolute atomic E-state index is 12.2. The van der Waals surface area contributed by atoms with Gasteiger partial charge in [-0.2, -0.15) is 0 Å². The van der Waals surface area contributed by atoms with Crippen molar-refractivity contribution in [2.75, 3.05) is 6.54 Å². The van der Waals surface area contributed by atoms with Crippen LogP contribution in [0.5, 0.6) is 0 Å². The van der Waals surface area contributed by atoms with Gasteiger partial charge in [-0.15, -0.1) is 0 Å². The smallest absolute Gasteiger partial charge is 0.286 e. The third-order valence-corrected chi connectivity index (χ3v) is 5.85. The molecule has 1 aromatic heterocycles. The normalized spacial score (nSPS) is 12.9. The van der Waals surface area contributed by atoms with Crippen LogP contribution in [0.2, 0.25) is 0 Å². The van der Waals surface area contributed by atoms with Crippen LogP contribution in [0.15, 0.2) is 36.5 Å². The highest BCUT2D eigenvalue weighted by atomic mass is 19.1. The number of fused-ring (bicyclic) bond motifs is 1. The Balaban J connectivity index is 0.000000318. The molecule has 0 atom stereocenters. The van der Waals surface area contributed by atoms with Crippen molar-refractivity contribution in [3.8, 4) is 0 Å². The number of hydrogen-bond donors (Lipinski definition) is 1. The molecule has 0 radical (unpaired) electrons. The molecule has 5 heteroatoms. The number of allylic oxidation sites excluding steroid dienone is 2. The van der Waals surface area contributed by atoms with Crippen LogP contribution in [-0.2, 0) is 12.8 Å². The lowest BCUT2D eigenvalue weighted by Gasteiger charge is -2.25. The summed E-state index contributed by atoms with van der Waals surface area (Å²) in [5.74, 6) is -0.554. The molecule has 3 rings (SSSR count). The predicted molar refractivity (Wildman–Crippen MR) is 140 cm³/mol. The van der Waals surface area contributed by atoms with Crippen molar-refractivity contribution in [2.45, 2.75) is 92.9 Å². The third kappa shape index (κ3) is 9.02. The van der Waals surface area contributed by atoms with Gasteiger partial charge in [-0.05, 0) is 73.1 Å². The Kier molecular flexibility index (Phi) is 14.0. The summed E-state index contributed by atoms with van der Waals surface area (Å²) in [5.41, 5.74) is 6.06. The maximum Gasteiger partial charge on any atom is 0.296 e. The van der Waals surface area contributed by atoms with Gasteiger partial charge in [0.2, 0.25) is 0 Å². The van der Waals surface area contributed by atoms with E-state index in [-0.39, 0.29) is 5.82 Å². The number of hydrogen-bond acceptors (Lipinski definition) is 3. The molecule has 0 aliphatic carbocycles. The second kappa shape index (κ2) is 16.2. The maximum atomic E-state index is 12.2. The van der Waals surface area contributed by atoms with Crippen LogP contribution in [0.1, 0.15) is 106 Å². The Morgan fingerprint density at radius 1 is 1.09 bits per heavy atom. The van der Waals surface area contributed by atoms with Crippen molar-refractivity contribution in [1.29, 1.82) is 0 Å². The Labute approximate surface area is 205 Å². The molecule has 2 heterocycles. The molecule has 1 aliphatic heterocycles. The summed E-state index contributed by atoms with van der Waals surface area (Å²) in [4.78, 5) is 16.2. The summed E-state index contributed by atoms with van der Waals surface area (Å²) >= 11 is 0. The number of hydroxylamine groups is 2. The molecule has 1 amide bonds. The van der Waals surface area contributed by atoms with Gasteiger partial charge in [-0.1, -0.05) is 78.0 Å². The van der Waals surface area contributed by atoms with E-state index in [2.05, 4.69) is 31.8 Å². The van der Waals surface area contributed by atoms with Crippen LogP contribution in [0.3, 0.4) is 0 Å². The van der Waals surface area contributed by atoms with Crippen molar-refractivity contribution in [3.63, 3.8) is 0 Å². The number of benzene rings is 1. The molecule has 0 bridgehead atoms. The largest absolute Gasteiger partial charge is 0.296 e. The number of aryl methyl sites for hydroxylation is 2. The Bertz CT molecular complexity index is 903. The van der Waals surface area contributed by atoms with Crippen molar-refractivity contribution >= 4 is 11.5 Å². The zero-order valence-electron chi connectivity index (χ0n) is 22.0. The molecule has 0 unspecified atom stereocenters. The second-order valence-electron chi connectivity index (χ2n) is 8.57. The number of unbranched alkanes of at least 4 members (excludes halogenated alkanes) is 3. The fraction of sp³-hybridized carbons (Fsp3) is 0.517. The minimum Gasteiger partial charge on any atom is -0.286 e. The number of carbonyl (C=O) groups is 1. The van der Waals surface area contributed by atoms with Gasteiger partial charge in [0.1, 0.15) is 11.5 Å². The van der Waals surface area contributed by atoms with E-state index in [1.165, 1.54) is 49.0 Å². The lowest BCUT2D eigenvalue weighted by molar-refractivity contribution is -0.0607. The van der Waals surface area contributed by atoms with Gasteiger partial charge in [-0.25, -0.2) is 9.45 Å². The second-order valence-corrected chi connectivity index (χ2v) is 8.57. The van der Waals surface area contributed by atoms with Crippen molar-refractivity contribution in [3.05, 3.63) is 70.3 Å². The van der Waals surface area contributed by atoms with Crippen molar-refractivity contribution in [1.82, 2.24) is 10.0 Å². The molecule has 188 valence electrons. The lowest BCUT2D eigenvalue weighted by Crippen LogP contribution is -2.36. The Hall–Kier alpha value is -2.53. The Morgan fingerprint density at radius 2 is 1.71 bits per heavy atom. The van der Waals surface area contributed by atoms with E-state index in [1.54, 1.807) is 18.3 Å². The van der Waals surface area contributed by atoms with Gasteiger partial charge in [0.15, 0.2) is 0 Å². The van der Waals surface area contributed by atoms with E-state index in [4.69, 9.17) is 0 Å². The highest BCUT2D eigenvalue weighted by Gasteiger charge is 2.28. The van der Waals surface area contributed by atoms with Gasteiger partial charge in [-0.3, -0.25) is 15.0 Å². The zero-order valence-corrected chi connectivity index (χ0v) is 22.0. The van der Waals surface area contributed by atoms with Crippen LogP contribution < -0.4 is 0 Å². The predicted octanol–water partition coefficient (Wildman–Crippen LogP) is 7.96. The molecule has 4 nitrogen and oxygen atoms in total. The minimum absolute atomic E-state index is 0.160. The van der Waals surface area contributed by atoms with E-state index in [1.807, 2.05) is 20.8 Å².